The monoisotopic (exact) mass is 456 g/mol. The fraction of sp³-hybridized carbons (Fsp3) is 0.286. The highest BCUT2D eigenvalue weighted by Crippen LogP contribution is 2.32. The summed E-state index contributed by atoms with van der Waals surface area (Å²) in [7, 11) is 0. The third-order valence-corrected chi connectivity index (χ3v) is 5.08. The number of pyridine rings is 1. The van der Waals surface area contributed by atoms with Gasteiger partial charge in [-0.3, -0.25) is 0 Å². The zero-order valence-electron chi connectivity index (χ0n) is 20.2. The second-order valence-electron chi connectivity index (χ2n) is 9.00. The summed E-state index contributed by atoms with van der Waals surface area (Å²) in [5, 5.41) is 3.47. The molecule has 0 spiro atoms. The molecular formula is C28H32N4O2. The maximum atomic E-state index is 6.16. The number of para-hydroxylation sites is 2. The number of hydrogen-bond donors (Lipinski definition) is 2. The van der Waals surface area contributed by atoms with Gasteiger partial charge in [0.25, 0.3) is 0 Å². The lowest BCUT2D eigenvalue weighted by Gasteiger charge is -2.12. The molecule has 0 saturated carbocycles. The summed E-state index contributed by atoms with van der Waals surface area (Å²) < 4.78 is 12.2. The van der Waals surface area contributed by atoms with Crippen molar-refractivity contribution in [1.29, 1.82) is 0 Å². The number of ether oxygens (including phenoxy) is 2. The van der Waals surface area contributed by atoms with E-state index < -0.39 is 0 Å². The molecule has 0 fully saturated rings. The average molecular weight is 457 g/mol. The van der Waals surface area contributed by atoms with Crippen LogP contribution in [0.15, 0.2) is 72.8 Å². The molecule has 0 unspecified atom stereocenters. The molecule has 0 amide bonds. The third-order valence-electron chi connectivity index (χ3n) is 5.08. The lowest BCUT2D eigenvalue weighted by molar-refractivity contribution is 0.447. The van der Waals surface area contributed by atoms with Gasteiger partial charge in [-0.2, -0.15) is 0 Å². The van der Waals surface area contributed by atoms with E-state index in [0.717, 1.165) is 35.1 Å². The van der Waals surface area contributed by atoms with Gasteiger partial charge in [-0.25, -0.2) is 9.97 Å². The molecule has 6 heteroatoms. The summed E-state index contributed by atoms with van der Waals surface area (Å²) in [5.74, 6) is 4.00. The summed E-state index contributed by atoms with van der Waals surface area (Å²) >= 11 is 0. The molecule has 2 N–H and O–H groups in total. The van der Waals surface area contributed by atoms with Crippen molar-refractivity contribution in [1.82, 2.24) is 20.3 Å². The Labute approximate surface area is 201 Å². The van der Waals surface area contributed by atoms with Crippen LogP contribution in [0.5, 0.6) is 23.1 Å². The minimum Gasteiger partial charge on any atom is -0.457 e. The number of nitrogens with one attached hydrogen (secondary N) is 2. The molecule has 0 aliphatic heterocycles. The van der Waals surface area contributed by atoms with Gasteiger partial charge in [0.2, 0.25) is 5.88 Å². The van der Waals surface area contributed by atoms with Crippen molar-refractivity contribution in [3.8, 4) is 34.5 Å². The van der Waals surface area contributed by atoms with E-state index in [-0.39, 0.29) is 0 Å². The lowest BCUT2D eigenvalue weighted by atomic mass is 10.1. The zero-order valence-corrected chi connectivity index (χ0v) is 20.2. The number of imidazole rings is 1. The predicted molar refractivity (Wildman–Crippen MR) is 135 cm³/mol. The normalized spacial score (nSPS) is 11.2. The molecule has 0 aliphatic carbocycles. The number of rotatable bonds is 10. The largest absolute Gasteiger partial charge is 0.457 e. The average Bonchev–Trinajstić information content (AvgIpc) is 3.21. The maximum absolute atomic E-state index is 6.16. The molecule has 34 heavy (non-hydrogen) atoms. The van der Waals surface area contributed by atoms with Crippen LogP contribution < -0.4 is 14.8 Å². The first-order valence-electron chi connectivity index (χ1n) is 11.8. The zero-order chi connectivity index (χ0) is 23.9. The van der Waals surface area contributed by atoms with Gasteiger partial charge in [0, 0.05) is 31.1 Å². The van der Waals surface area contributed by atoms with Crippen molar-refractivity contribution in [2.75, 3.05) is 0 Å². The molecule has 6 nitrogen and oxygen atoms in total. The molecule has 4 aromatic rings. The Kier molecular flexibility index (Phi) is 7.60. The van der Waals surface area contributed by atoms with Gasteiger partial charge in [-0.05, 0) is 30.2 Å². The number of benzene rings is 2. The van der Waals surface area contributed by atoms with Crippen LogP contribution >= 0.6 is 0 Å². The first-order chi connectivity index (χ1) is 16.5. The summed E-state index contributed by atoms with van der Waals surface area (Å²) in [4.78, 5) is 13.2. The van der Waals surface area contributed by atoms with E-state index >= 15 is 0 Å². The molecule has 4 rings (SSSR count). The molecule has 0 radical (unpaired) electrons. The Morgan fingerprint density at radius 1 is 0.794 bits per heavy atom. The van der Waals surface area contributed by atoms with Gasteiger partial charge in [-0.15, -0.1) is 0 Å². The Balaban J connectivity index is 1.75. The van der Waals surface area contributed by atoms with Crippen molar-refractivity contribution in [3.63, 3.8) is 0 Å². The summed E-state index contributed by atoms with van der Waals surface area (Å²) in [6, 6.07) is 23.4. The Morgan fingerprint density at radius 3 is 2.06 bits per heavy atom. The van der Waals surface area contributed by atoms with Gasteiger partial charge < -0.3 is 19.8 Å². The number of hydrogen-bond acceptors (Lipinski definition) is 5. The maximum Gasteiger partial charge on any atom is 0.223 e. The molecular weight excluding hydrogens is 424 g/mol. The highest BCUT2D eigenvalue weighted by Gasteiger charge is 2.17. The van der Waals surface area contributed by atoms with Crippen LogP contribution in [0, 0.1) is 5.92 Å². The number of H-pyrrole nitrogens is 1. The summed E-state index contributed by atoms with van der Waals surface area (Å²) in [6.45, 7) is 9.26. The molecule has 0 saturated heterocycles. The van der Waals surface area contributed by atoms with Crippen LogP contribution in [-0.4, -0.2) is 21.0 Å². The van der Waals surface area contributed by atoms with E-state index in [2.05, 4.69) is 38.0 Å². The van der Waals surface area contributed by atoms with E-state index in [1.165, 1.54) is 0 Å². The topological polar surface area (TPSA) is 72.1 Å². The Morgan fingerprint density at radius 2 is 1.44 bits per heavy atom. The van der Waals surface area contributed by atoms with Crippen molar-refractivity contribution in [2.45, 2.75) is 46.7 Å². The van der Waals surface area contributed by atoms with E-state index in [9.17, 15) is 0 Å². The van der Waals surface area contributed by atoms with E-state index in [4.69, 9.17) is 19.4 Å². The van der Waals surface area contributed by atoms with Crippen molar-refractivity contribution < 1.29 is 9.47 Å². The van der Waals surface area contributed by atoms with Gasteiger partial charge >= 0.3 is 0 Å². The van der Waals surface area contributed by atoms with Crippen LogP contribution in [0.1, 0.15) is 39.2 Å². The highest BCUT2D eigenvalue weighted by molar-refractivity contribution is 5.61. The van der Waals surface area contributed by atoms with Crippen molar-refractivity contribution in [3.05, 3.63) is 84.3 Å². The minimum absolute atomic E-state index is 0.343. The fourth-order valence-corrected chi connectivity index (χ4v) is 3.54. The van der Waals surface area contributed by atoms with Gasteiger partial charge in [0.15, 0.2) is 0 Å². The summed E-state index contributed by atoms with van der Waals surface area (Å²) in [5.41, 5.74) is 2.53. The SMILES string of the molecule is CC(C)Cc1nc(CNC(C)C)c(-c2cc(Oc3ccccc3)cc(Oc3ccccc3)n2)[nH]1. The predicted octanol–water partition coefficient (Wildman–Crippen LogP) is 6.75. The minimum atomic E-state index is 0.343. The fourth-order valence-electron chi connectivity index (χ4n) is 3.54. The molecule has 2 aromatic carbocycles. The first-order valence-corrected chi connectivity index (χ1v) is 11.8. The van der Waals surface area contributed by atoms with Gasteiger partial charge in [-0.1, -0.05) is 64.1 Å². The smallest absolute Gasteiger partial charge is 0.223 e. The van der Waals surface area contributed by atoms with Crippen LogP contribution in [0.4, 0.5) is 0 Å². The molecule has 0 bridgehead atoms. The van der Waals surface area contributed by atoms with Crippen LogP contribution in [0.3, 0.4) is 0 Å². The van der Waals surface area contributed by atoms with E-state index in [0.29, 0.717) is 35.9 Å². The highest BCUT2D eigenvalue weighted by atomic mass is 16.5. The molecule has 2 aromatic heterocycles. The molecule has 2 heterocycles. The number of aromatic nitrogens is 3. The quantitative estimate of drug-likeness (QED) is 0.276. The van der Waals surface area contributed by atoms with Crippen LogP contribution in [-0.2, 0) is 13.0 Å². The molecule has 0 aliphatic rings. The van der Waals surface area contributed by atoms with Crippen molar-refractivity contribution >= 4 is 0 Å². The van der Waals surface area contributed by atoms with E-state index in [1.54, 1.807) is 6.07 Å². The van der Waals surface area contributed by atoms with Crippen LogP contribution in [0.2, 0.25) is 0 Å². The Bertz CT molecular complexity index is 1130. The lowest BCUT2D eigenvalue weighted by Crippen LogP contribution is -2.22. The molecule has 176 valence electrons. The second-order valence-corrected chi connectivity index (χ2v) is 9.00. The molecule has 0 atom stereocenters. The Hall–Kier alpha value is -3.64. The standard InChI is InChI=1S/C28H32N4O2/c1-19(2)15-26-30-25(18-29-20(3)4)28(32-26)24-16-23(33-21-11-7-5-8-12-21)17-27(31-24)34-22-13-9-6-10-14-22/h5-14,16-17,19-20,29H,15,18H2,1-4H3,(H,30,32). The van der Waals surface area contributed by atoms with Gasteiger partial charge in [0.05, 0.1) is 17.1 Å². The number of aromatic amines is 1. The third kappa shape index (κ3) is 6.45. The van der Waals surface area contributed by atoms with E-state index in [1.807, 2.05) is 66.7 Å². The summed E-state index contributed by atoms with van der Waals surface area (Å²) in [6.07, 6.45) is 0.863. The first kappa shape index (κ1) is 23.5. The van der Waals surface area contributed by atoms with Gasteiger partial charge in [0.1, 0.15) is 23.1 Å². The number of nitrogens with zero attached hydrogens (tertiary/aromatic N) is 2. The van der Waals surface area contributed by atoms with Crippen molar-refractivity contribution in [2.24, 2.45) is 5.92 Å². The van der Waals surface area contributed by atoms with Crippen LogP contribution in [0.25, 0.3) is 11.4 Å². The second kappa shape index (κ2) is 11.0.